The van der Waals surface area contributed by atoms with Crippen LogP contribution < -0.4 is 14.4 Å². The number of rotatable bonds is 8. The molecule has 1 aliphatic heterocycles. The lowest BCUT2D eigenvalue weighted by Crippen LogP contribution is -2.46. The van der Waals surface area contributed by atoms with Crippen LogP contribution in [0.4, 0.5) is 5.69 Å². The van der Waals surface area contributed by atoms with Crippen molar-refractivity contribution < 1.29 is 28.5 Å². The Morgan fingerprint density at radius 3 is 1.91 bits per heavy atom. The van der Waals surface area contributed by atoms with Crippen LogP contribution in [0.3, 0.4) is 0 Å². The Morgan fingerprint density at radius 2 is 1.31 bits per heavy atom. The minimum Gasteiger partial charge on any atom is -0.496 e. The molecule has 1 aliphatic rings. The Labute approximate surface area is 277 Å². The summed E-state index contributed by atoms with van der Waals surface area (Å²) in [4.78, 5) is 27.9. The van der Waals surface area contributed by atoms with Crippen LogP contribution >= 0.6 is 27.5 Å². The molecular formula is C35H36BrClN2O6. The number of hydrogen-bond acceptors (Lipinski definition) is 8. The van der Waals surface area contributed by atoms with Gasteiger partial charge in [-0.2, -0.15) is 0 Å². The van der Waals surface area contributed by atoms with Gasteiger partial charge in [0.2, 0.25) is 0 Å². The predicted molar refractivity (Wildman–Crippen MR) is 181 cm³/mol. The van der Waals surface area contributed by atoms with Crippen LogP contribution in [0.1, 0.15) is 26.3 Å². The monoisotopic (exact) mass is 694 g/mol. The zero-order valence-corrected chi connectivity index (χ0v) is 28.1. The van der Waals surface area contributed by atoms with Gasteiger partial charge in [-0.15, -0.1) is 0 Å². The highest BCUT2D eigenvalue weighted by atomic mass is 79.9. The number of methoxy groups -OCH3 is 4. The summed E-state index contributed by atoms with van der Waals surface area (Å²) in [6.45, 7) is 4.62. The number of carbonyl (C=O) groups is 2. The van der Waals surface area contributed by atoms with Crippen molar-refractivity contribution in [1.29, 1.82) is 0 Å². The van der Waals surface area contributed by atoms with Gasteiger partial charge in [-0.05, 0) is 59.2 Å². The second kappa shape index (κ2) is 16.3. The van der Waals surface area contributed by atoms with Gasteiger partial charge in [-0.25, -0.2) is 9.59 Å². The van der Waals surface area contributed by atoms with E-state index < -0.39 is 11.9 Å². The standard InChI is InChI=1S/C26H27ClN2O3.C9H9BrO3/c1-31-25-17-22(11-12-24(25)26(30)32-2)29-15-13-28(14-16-29)18-20-5-3-4-6-23(20)19-7-9-21(27)10-8-19;1-12-8-5-6(10)3-4-7(8)9(11)13-2/h3-12,17H,13-16,18H2,1-2H3;3-5H,1-2H3. The summed E-state index contributed by atoms with van der Waals surface area (Å²) >= 11 is 9.34. The second-order valence-electron chi connectivity index (χ2n) is 10.1. The first-order chi connectivity index (χ1) is 21.8. The molecule has 0 radical (unpaired) electrons. The van der Waals surface area contributed by atoms with Crippen molar-refractivity contribution in [2.24, 2.45) is 0 Å². The molecule has 0 bridgehead atoms. The Kier molecular flexibility index (Phi) is 12.3. The number of piperazine rings is 1. The molecule has 5 rings (SSSR count). The number of carbonyl (C=O) groups excluding carboxylic acids is 2. The maximum absolute atomic E-state index is 11.9. The Morgan fingerprint density at radius 1 is 0.733 bits per heavy atom. The van der Waals surface area contributed by atoms with Crippen LogP contribution in [0.5, 0.6) is 11.5 Å². The average molecular weight is 696 g/mol. The van der Waals surface area contributed by atoms with E-state index in [4.69, 9.17) is 25.8 Å². The molecule has 1 fully saturated rings. The third kappa shape index (κ3) is 8.78. The normalized spacial score (nSPS) is 12.9. The van der Waals surface area contributed by atoms with Crippen molar-refractivity contribution in [3.8, 4) is 22.6 Å². The van der Waals surface area contributed by atoms with Crippen molar-refractivity contribution in [2.75, 3.05) is 59.5 Å². The van der Waals surface area contributed by atoms with Crippen LogP contribution in [0, 0.1) is 0 Å². The van der Waals surface area contributed by atoms with Gasteiger partial charge in [0.15, 0.2) is 0 Å². The van der Waals surface area contributed by atoms with E-state index in [1.165, 1.54) is 38.0 Å². The highest BCUT2D eigenvalue weighted by molar-refractivity contribution is 9.10. The van der Waals surface area contributed by atoms with Gasteiger partial charge >= 0.3 is 11.9 Å². The smallest absolute Gasteiger partial charge is 0.341 e. The van der Waals surface area contributed by atoms with Crippen LogP contribution in [-0.4, -0.2) is 71.5 Å². The van der Waals surface area contributed by atoms with Crippen LogP contribution in [0.2, 0.25) is 5.02 Å². The maximum Gasteiger partial charge on any atom is 0.341 e. The summed E-state index contributed by atoms with van der Waals surface area (Å²) in [6.07, 6.45) is 0. The lowest BCUT2D eigenvalue weighted by molar-refractivity contribution is 0.0588. The summed E-state index contributed by atoms with van der Waals surface area (Å²) in [7, 11) is 5.79. The number of benzene rings is 4. The molecule has 0 aliphatic carbocycles. The number of anilines is 1. The van der Waals surface area contributed by atoms with Gasteiger partial charge < -0.3 is 23.8 Å². The van der Waals surface area contributed by atoms with E-state index in [9.17, 15) is 9.59 Å². The number of halogens is 2. The lowest BCUT2D eigenvalue weighted by atomic mass is 9.99. The van der Waals surface area contributed by atoms with E-state index in [0.717, 1.165) is 47.9 Å². The minimum absolute atomic E-state index is 0.391. The molecular weight excluding hydrogens is 660 g/mol. The number of nitrogens with zero attached hydrogens (tertiary/aromatic N) is 2. The summed E-state index contributed by atoms with van der Waals surface area (Å²) in [5.41, 5.74) is 5.66. The fourth-order valence-corrected chi connectivity index (χ4v) is 5.54. The lowest BCUT2D eigenvalue weighted by Gasteiger charge is -2.36. The van der Waals surface area contributed by atoms with Crippen molar-refractivity contribution in [2.45, 2.75) is 6.54 Å². The molecule has 1 heterocycles. The third-order valence-corrected chi connectivity index (χ3v) is 8.21. The van der Waals surface area contributed by atoms with E-state index in [1.54, 1.807) is 31.4 Å². The van der Waals surface area contributed by atoms with E-state index in [1.807, 2.05) is 24.3 Å². The molecule has 0 spiro atoms. The fraction of sp³-hybridized carbons (Fsp3) is 0.257. The quantitative estimate of drug-likeness (QED) is 0.177. The van der Waals surface area contributed by atoms with Gasteiger partial charge in [0.1, 0.15) is 22.6 Å². The van der Waals surface area contributed by atoms with Gasteiger partial charge in [0, 0.05) is 54.0 Å². The van der Waals surface area contributed by atoms with Crippen molar-refractivity contribution in [1.82, 2.24) is 4.90 Å². The molecule has 236 valence electrons. The topological polar surface area (TPSA) is 77.5 Å². The molecule has 0 saturated carbocycles. The zero-order valence-electron chi connectivity index (χ0n) is 25.7. The fourth-order valence-electron chi connectivity index (χ4n) is 5.07. The molecule has 0 amide bonds. The molecule has 4 aromatic rings. The zero-order chi connectivity index (χ0) is 32.3. The summed E-state index contributed by atoms with van der Waals surface area (Å²) in [6, 6.07) is 27.3. The van der Waals surface area contributed by atoms with Gasteiger partial charge in [0.05, 0.1) is 28.4 Å². The molecule has 4 aromatic carbocycles. The molecule has 0 atom stereocenters. The maximum atomic E-state index is 11.9. The van der Waals surface area contributed by atoms with Crippen LogP contribution in [0.25, 0.3) is 11.1 Å². The second-order valence-corrected chi connectivity index (χ2v) is 11.5. The van der Waals surface area contributed by atoms with Crippen molar-refractivity contribution in [3.05, 3.63) is 111 Å². The molecule has 0 unspecified atom stereocenters. The molecule has 45 heavy (non-hydrogen) atoms. The largest absolute Gasteiger partial charge is 0.496 e. The first-order valence-corrected chi connectivity index (χ1v) is 15.4. The third-order valence-electron chi connectivity index (χ3n) is 7.46. The number of esters is 2. The first-order valence-electron chi connectivity index (χ1n) is 14.3. The number of ether oxygens (including phenoxy) is 4. The first kappa shape index (κ1) is 33.8. The minimum atomic E-state index is -0.399. The summed E-state index contributed by atoms with van der Waals surface area (Å²) in [5.74, 6) is 0.247. The Bertz CT molecular complexity index is 1610. The van der Waals surface area contributed by atoms with Crippen molar-refractivity contribution >= 4 is 45.2 Å². The molecule has 8 nitrogen and oxygen atoms in total. The van der Waals surface area contributed by atoms with E-state index in [2.05, 4.69) is 66.9 Å². The van der Waals surface area contributed by atoms with E-state index >= 15 is 0 Å². The molecule has 1 saturated heterocycles. The van der Waals surface area contributed by atoms with Crippen LogP contribution in [0.15, 0.2) is 89.4 Å². The highest BCUT2D eigenvalue weighted by Crippen LogP contribution is 2.29. The van der Waals surface area contributed by atoms with Gasteiger partial charge in [-0.3, -0.25) is 4.90 Å². The van der Waals surface area contributed by atoms with Gasteiger partial charge in [-0.1, -0.05) is 63.9 Å². The molecule has 0 aromatic heterocycles. The number of hydrogen-bond donors (Lipinski definition) is 0. The SMILES string of the molecule is COC(=O)c1ccc(Br)cc1OC.COC(=O)c1ccc(N2CCN(Cc3ccccc3-c3ccc(Cl)cc3)CC2)cc1OC. The average Bonchev–Trinajstić information content (AvgIpc) is 3.08. The highest BCUT2D eigenvalue weighted by Gasteiger charge is 2.21. The van der Waals surface area contributed by atoms with Crippen LogP contribution in [-0.2, 0) is 16.0 Å². The molecule has 10 heteroatoms. The van der Waals surface area contributed by atoms with Gasteiger partial charge in [0.25, 0.3) is 0 Å². The Hall–Kier alpha value is -4.05. The summed E-state index contributed by atoms with van der Waals surface area (Å²) < 4.78 is 20.7. The summed E-state index contributed by atoms with van der Waals surface area (Å²) in [5, 5.41) is 0.749. The van der Waals surface area contributed by atoms with E-state index in [0.29, 0.717) is 22.6 Å². The Balaban J connectivity index is 0.000000297. The predicted octanol–water partition coefficient (Wildman–Crippen LogP) is 7.37. The van der Waals surface area contributed by atoms with Crippen molar-refractivity contribution in [3.63, 3.8) is 0 Å². The molecule has 0 N–H and O–H groups in total. The van der Waals surface area contributed by atoms with E-state index in [-0.39, 0.29) is 0 Å².